The molecule has 0 aliphatic heterocycles. The highest BCUT2D eigenvalue weighted by molar-refractivity contribution is 8.16. The summed E-state index contributed by atoms with van der Waals surface area (Å²) in [6.45, 7) is 9.18. The first-order valence-electron chi connectivity index (χ1n) is 3.25. The third kappa shape index (κ3) is 5.27. The van der Waals surface area contributed by atoms with Gasteiger partial charge in [-0.2, -0.15) is 0 Å². The molecule has 0 spiro atoms. The van der Waals surface area contributed by atoms with Crippen LogP contribution in [-0.2, 0) is 9.05 Å². The molecule has 0 aromatic rings. The van der Waals surface area contributed by atoms with E-state index in [0.29, 0.717) is 6.42 Å². The van der Waals surface area contributed by atoms with E-state index in [4.69, 9.17) is 10.7 Å². The first kappa shape index (κ1) is 11.0. The lowest BCUT2D eigenvalue weighted by atomic mass is 9.92. The first-order chi connectivity index (χ1) is 4.63. The largest absolute Gasteiger partial charge is 0.256 e. The minimum atomic E-state index is -3.56. The summed E-state index contributed by atoms with van der Waals surface area (Å²) in [6, 6.07) is 0. The van der Waals surface area contributed by atoms with Gasteiger partial charge in [0.05, 0.1) is 4.91 Å². The van der Waals surface area contributed by atoms with Gasteiger partial charge in [-0.1, -0.05) is 27.4 Å². The molecule has 11 heavy (non-hydrogen) atoms. The minimum absolute atomic E-state index is 0.0843. The van der Waals surface area contributed by atoms with Crippen LogP contribution in [0.1, 0.15) is 27.2 Å². The zero-order chi connectivity index (χ0) is 9.28. The molecule has 0 bridgehead atoms. The minimum Gasteiger partial charge on any atom is -0.207 e. The molecule has 0 amide bonds. The van der Waals surface area contributed by atoms with Crippen LogP contribution in [0.2, 0.25) is 0 Å². The van der Waals surface area contributed by atoms with Crippen molar-refractivity contribution in [2.45, 2.75) is 27.2 Å². The molecule has 0 unspecified atom stereocenters. The lowest BCUT2D eigenvalue weighted by molar-refractivity contribution is 0.416. The van der Waals surface area contributed by atoms with Gasteiger partial charge >= 0.3 is 0 Å². The molecule has 0 aliphatic rings. The summed E-state index contributed by atoms with van der Waals surface area (Å²) >= 11 is 0. The molecule has 0 saturated heterocycles. The van der Waals surface area contributed by atoms with Crippen LogP contribution in [0.5, 0.6) is 0 Å². The Morgan fingerprint density at radius 1 is 1.45 bits per heavy atom. The highest BCUT2D eigenvalue weighted by Crippen LogP contribution is 2.27. The Morgan fingerprint density at radius 3 is 1.91 bits per heavy atom. The second-order valence-electron chi connectivity index (χ2n) is 3.71. The predicted octanol–water partition coefficient (Wildman–Crippen LogP) is 2.50. The van der Waals surface area contributed by atoms with Crippen LogP contribution in [0.4, 0.5) is 0 Å². The Kier molecular flexibility index (Phi) is 3.15. The van der Waals surface area contributed by atoms with Crippen molar-refractivity contribution < 1.29 is 8.42 Å². The normalized spacial score (nSPS) is 13.1. The maximum Gasteiger partial charge on any atom is 0.256 e. The molecule has 2 nitrogen and oxygen atoms in total. The van der Waals surface area contributed by atoms with Crippen LogP contribution in [0.15, 0.2) is 11.5 Å². The Labute approximate surface area is 72.7 Å². The molecular weight excluding hydrogens is 184 g/mol. The van der Waals surface area contributed by atoms with Gasteiger partial charge in [0.1, 0.15) is 0 Å². The predicted molar refractivity (Wildman–Crippen MR) is 48.0 cm³/mol. The molecule has 0 atom stereocenters. The van der Waals surface area contributed by atoms with Gasteiger partial charge in [0.15, 0.2) is 0 Å². The van der Waals surface area contributed by atoms with Gasteiger partial charge in [-0.3, -0.25) is 0 Å². The molecular formula is C7H13ClO2S. The van der Waals surface area contributed by atoms with Crippen molar-refractivity contribution in [3.8, 4) is 0 Å². The molecule has 0 saturated carbocycles. The first-order valence-corrected chi connectivity index (χ1v) is 5.56. The van der Waals surface area contributed by atoms with Gasteiger partial charge in [0.25, 0.3) is 9.05 Å². The van der Waals surface area contributed by atoms with Crippen molar-refractivity contribution in [3.05, 3.63) is 11.5 Å². The van der Waals surface area contributed by atoms with Crippen LogP contribution in [0, 0.1) is 5.41 Å². The van der Waals surface area contributed by atoms with Gasteiger partial charge in [-0.15, -0.1) is 0 Å². The van der Waals surface area contributed by atoms with Crippen molar-refractivity contribution in [1.82, 2.24) is 0 Å². The van der Waals surface area contributed by atoms with Gasteiger partial charge in [-0.25, -0.2) is 8.42 Å². The second-order valence-corrected chi connectivity index (χ2v) is 6.39. The van der Waals surface area contributed by atoms with Crippen LogP contribution < -0.4 is 0 Å². The Bertz CT molecular complexity index is 246. The number of rotatable bonds is 2. The SMILES string of the molecule is C=C(CC(C)(C)C)S(=O)(=O)Cl. The highest BCUT2D eigenvalue weighted by atomic mass is 35.7. The van der Waals surface area contributed by atoms with E-state index in [-0.39, 0.29) is 10.3 Å². The quantitative estimate of drug-likeness (QED) is 0.636. The van der Waals surface area contributed by atoms with Crippen LogP contribution in [0.25, 0.3) is 0 Å². The van der Waals surface area contributed by atoms with E-state index in [2.05, 4.69) is 6.58 Å². The standard InChI is InChI=1S/C7H13ClO2S/c1-6(11(8,9)10)5-7(2,3)4/h1,5H2,2-4H3. The third-order valence-corrected chi connectivity index (χ3v) is 2.56. The number of hydrogen-bond donors (Lipinski definition) is 0. The summed E-state index contributed by atoms with van der Waals surface area (Å²) < 4.78 is 21.3. The van der Waals surface area contributed by atoms with Crippen molar-refractivity contribution in [1.29, 1.82) is 0 Å². The summed E-state index contributed by atoms with van der Waals surface area (Å²) in [7, 11) is 1.50. The van der Waals surface area contributed by atoms with Crippen molar-refractivity contribution in [3.63, 3.8) is 0 Å². The fraction of sp³-hybridized carbons (Fsp3) is 0.714. The second kappa shape index (κ2) is 3.15. The maximum absolute atomic E-state index is 10.7. The van der Waals surface area contributed by atoms with Gasteiger partial charge in [-0.05, 0) is 11.8 Å². The zero-order valence-corrected chi connectivity index (χ0v) is 8.59. The van der Waals surface area contributed by atoms with Crippen molar-refractivity contribution in [2.24, 2.45) is 5.41 Å². The number of hydrogen-bond acceptors (Lipinski definition) is 2. The number of halogens is 1. The molecule has 0 fully saturated rings. The van der Waals surface area contributed by atoms with E-state index >= 15 is 0 Å². The van der Waals surface area contributed by atoms with E-state index < -0.39 is 9.05 Å². The topological polar surface area (TPSA) is 34.1 Å². The van der Waals surface area contributed by atoms with Crippen molar-refractivity contribution >= 4 is 19.7 Å². The van der Waals surface area contributed by atoms with E-state index in [1.165, 1.54) is 0 Å². The number of allylic oxidation sites excluding steroid dienone is 1. The summed E-state index contributed by atoms with van der Waals surface area (Å²) in [5, 5.41) is 0. The molecule has 4 heteroatoms. The van der Waals surface area contributed by atoms with Crippen LogP contribution in [0.3, 0.4) is 0 Å². The lowest BCUT2D eigenvalue weighted by Gasteiger charge is -2.17. The summed E-state index contributed by atoms with van der Waals surface area (Å²) in [4.78, 5) is 0.0895. The summed E-state index contributed by atoms with van der Waals surface area (Å²) in [5.74, 6) is 0. The van der Waals surface area contributed by atoms with Gasteiger partial charge < -0.3 is 0 Å². The van der Waals surface area contributed by atoms with Crippen LogP contribution in [-0.4, -0.2) is 8.42 Å². The Balaban J connectivity index is 4.35. The van der Waals surface area contributed by atoms with E-state index in [0.717, 1.165) is 0 Å². The molecule has 0 N–H and O–H groups in total. The molecule has 0 aliphatic carbocycles. The Morgan fingerprint density at radius 2 is 1.82 bits per heavy atom. The van der Waals surface area contributed by atoms with E-state index in [9.17, 15) is 8.42 Å². The monoisotopic (exact) mass is 196 g/mol. The smallest absolute Gasteiger partial charge is 0.207 e. The highest BCUT2D eigenvalue weighted by Gasteiger charge is 2.19. The molecule has 66 valence electrons. The molecule has 0 heterocycles. The zero-order valence-electron chi connectivity index (χ0n) is 7.02. The third-order valence-electron chi connectivity index (χ3n) is 1.07. The van der Waals surface area contributed by atoms with Crippen molar-refractivity contribution in [2.75, 3.05) is 0 Å². The van der Waals surface area contributed by atoms with E-state index in [1.807, 2.05) is 20.8 Å². The average Bonchev–Trinajstić information content (AvgIpc) is 1.56. The summed E-state index contributed by atoms with van der Waals surface area (Å²) in [6.07, 6.45) is 0.402. The molecule has 0 radical (unpaired) electrons. The van der Waals surface area contributed by atoms with Gasteiger partial charge in [0.2, 0.25) is 0 Å². The van der Waals surface area contributed by atoms with E-state index in [1.54, 1.807) is 0 Å². The lowest BCUT2D eigenvalue weighted by Crippen LogP contribution is -2.08. The molecule has 0 aromatic carbocycles. The fourth-order valence-electron chi connectivity index (χ4n) is 0.678. The molecule has 0 aromatic heterocycles. The fourth-order valence-corrected chi connectivity index (χ4v) is 1.45. The Hall–Kier alpha value is -0.0200. The van der Waals surface area contributed by atoms with Crippen LogP contribution >= 0.6 is 10.7 Å². The van der Waals surface area contributed by atoms with Gasteiger partial charge in [0, 0.05) is 10.7 Å². The maximum atomic E-state index is 10.7. The average molecular weight is 197 g/mol. The molecule has 0 rings (SSSR count). The summed E-state index contributed by atoms with van der Waals surface area (Å²) in [5.41, 5.74) is -0.0843.